The molecule has 1 fully saturated rings. The van der Waals surface area contributed by atoms with Gasteiger partial charge in [-0.25, -0.2) is 4.39 Å². The number of carbonyl (C=O) groups excluding carboxylic acids is 1. The smallest absolute Gasteiger partial charge is 0.283 e. The SMILES string of the molecule is CN1CCCC1=NS(=O)(=O)c1ccc(NC(=O)COc2ccc(F)cc2)cc1. The number of amidine groups is 1. The first-order valence-corrected chi connectivity index (χ1v) is 10.1. The third kappa shape index (κ3) is 5.07. The van der Waals surface area contributed by atoms with Crippen LogP contribution < -0.4 is 10.1 Å². The van der Waals surface area contributed by atoms with Crippen molar-refractivity contribution >= 4 is 27.5 Å². The second-order valence-corrected chi connectivity index (χ2v) is 7.93. The molecule has 1 aliphatic heterocycles. The zero-order valence-corrected chi connectivity index (χ0v) is 16.1. The number of carbonyl (C=O) groups is 1. The maximum Gasteiger partial charge on any atom is 0.283 e. The number of benzene rings is 2. The van der Waals surface area contributed by atoms with Crippen LogP contribution in [0, 0.1) is 5.82 Å². The van der Waals surface area contributed by atoms with E-state index in [1.807, 2.05) is 11.9 Å². The quantitative estimate of drug-likeness (QED) is 0.798. The minimum Gasteiger partial charge on any atom is -0.484 e. The highest BCUT2D eigenvalue weighted by atomic mass is 32.2. The zero-order chi connectivity index (χ0) is 20.1. The molecule has 1 amide bonds. The van der Waals surface area contributed by atoms with E-state index in [1.165, 1.54) is 48.5 Å². The normalized spacial score (nSPS) is 15.6. The van der Waals surface area contributed by atoms with Crippen LogP contribution in [-0.2, 0) is 14.8 Å². The van der Waals surface area contributed by atoms with Gasteiger partial charge in [-0.3, -0.25) is 4.79 Å². The first kappa shape index (κ1) is 19.8. The number of ether oxygens (including phenoxy) is 1. The molecule has 0 saturated carbocycles. The van der Waals surface area contributed by atoms with E-state index >= 15 is 0 Å². The second-order valence-electron chi connectivity index (χ2n) is 6.32. The molecule has 1 saturated heterocycles. The Bertz CT molecular complexity index is 973. The summed E-state index contributed by atoms with van der Waals surface area (Å²) in [5.74, 6) is 0.105. The van der Waals surface area contributed by atoms with Gasteiger partial charge in [0.2, 0.25) is 0 Å². The van der Waals surface area contributed by atoms with Gasteiger partial charge in [-0.05, 0) is 55.0 Å². The van der Waals surface area contributed by atoms with Gasteiger partial charge in [0.15, 0.2) is 6.61 Å². The topological polar surface area (TPSA) is 88.1 Å². The molecule has 0 unspecified atom stereocenters. The number of hydrogen-bond donors (Lipinski definition) is 1. The Hall–Kier alpha value is -2.94. The monoisotopic (exact) mass is 405 g/mol. The van der Waals surface area contributed by atoms with Crippen LogP contribution in [0.5, 0.6) is 5.75 Å². The van der Waals surface area contributed by atoms with Crippen molar-refractivity contribution in [3.8, 4) is 5.75 Å². The fourth-order valence-corrected chi connectivity index (χ4v) is 3.78. The van der Waals surface area contributed by atoms with E-state index in [0.717, 1.165) is 13.0 Å². The van der Waals surface area contributed by atoms with E-state index in [2.05, 4.69) is 9.71 Å². The van der Waals surface area contributed by atoms with Crippen LogP contribution in [0.2, 0.25) is 0 Å². The molecule has 2 aromatic carbocycles. The number of amides is 1. The number of anilines is 1. The number of halogens is 1. The number of hydrogen-bond acceptors (Lipinski definition) is 4. The van der Waals surface area contributed by atoms with Crippen molar-refractivity contribution in [1.29, 1.82) is 0 Å². The predicted molar refractivity (Wildman–Crippen MR) is 103 cm³/mol. The Morgan fingerprint density at radius 1 is 1.18 bits per heavy atom. The van der Waals surface area contributed by atoms with Crippen molar-refractivity contribution in [2.75, 3.05) is 25.5 Å². The predicted octanol–water partition coefficient (Wildman–Crippen LogP) is 2.66. The molecule has 0 aromatic heterocycles. The third-order valence-corrected chi connectivity index (χ3v) is 5.50. The standard InChI is InChI=1S/C19H20FN3O4S/c1-23-12-2-3-18(23)22-28(25,26)17-10-6-15(7-11-17)21-19(24)13-27-16-8-4-14(20)5-9-16/h4-11H,2-3,12-13H2,1H3,(H,21,24). The molecule has 3 rings (SSSR count). The highest BCUT2D eigenvalue weighted by Crippen LogP contribution is 2.19. The summed E-state index contributed by atoms with van der Waals surface area (Å²) in [6.45, 7) is 0.533. The molecule has 148 valence electrons. The van der Waals surface area contributed by atoms with Gasteiger partial charge in [0.1, 0.15) is 17.4 Å². The van der Waals surface area contributed by atoms with Gasteiger partial charge in [-0.2, -0.15) is 8.42 Å². The summed E-state index contributed by atoms with van der Waals surface area (Å²) in [4.78, 5) is 13.8. The van der Waals surface area contributed by atoms with Gasteiger partial charge >= 0.3 is 0 Å². The van der Waals surface area contributed by atoms with Gasteiger partial charge in [-0.15, -0.1) is 4.40 Å². The summed E-state index contributed by atoms with van der Waals surface area (Å²) >= 11 is 0. The average molecular weight is 405 g/mol. The maximum atomic E-state index is 12.8. The molecule has 1 heterocycles. The lowest BCUT2D eigenvalue weighted by atomic mass is 10.3. The molecule has 7 nitrogen and oxygen atoms in total. The van der Waals surface area contributed by atoms with Crippen LogP contribution in [-0.4, -0.2) is 45.3 Å². The molecule has 9 heteroatoms. The highest BCUT2D eigenvalue weighted by Gasteiger charge is 2.20. The van der Waals surface area contributed by atoms with Crippen molar-refractivity contribution in [2.45, 2.75) is 17.7 Å². The zero-order valence-electron chi connectivity index (χ0n) is 15.3. The van der Waals surface area contributed by atoms with Gasteiger partial charge in [0.25, 0.3) is 15.9 Å². The van der Waals surface area contributed by atoms with Crippen LogP contribution in [0.1, 0.15) is 12.8 Å². The third-order valence-electron chi connectivity index (χ3n) is 4.18. The second kappa shape index (κ2) is 8.39. The van der Waals surface area contributed by atoms with Crippen molar-refractivity contribution in [3.05, 3.63) is 54.3 Å². The van der Waals surface area contributed by atoms with Crippen LogP contribution in [0.25, 0.3) is 0 Å². The van der Waals surface area contributed by atoms with Crippen molar-refractivity contribution in [2.24, 2.45) is 4.40 Å². The van der Waals surface area contributed by atoms with E-state index in [1.54, 1.807) is 0 Å². The van der Waals surface area contributed by atoms with E-state index < -0.39 is 21.7 Å². The summed E-state index contributed by atoms with van der Waals surface area (Å²) in [5.41, 5.74) is 0.428. The van der Waals surface area contributed by atoms with Gasteiger partial charge in [0, 0.05) is 25.7 Å². The molecule has 0 bridgehead atoms. The molecule has 0 radical (unpaired) electrons. The van der Waals surface area contributed by atoms with E-state index in [9.17, 15) is 17.6 Å². The summed E-state index contributed by atoms with van der Waals surface area (Å²) < 4.78 is 46.8. The summed E-state index contributed by atoms with van der Waals surface area (Å²) in [7, 11) is -1.98. The molecular weight excluding hydrogens is 385 g/mol. The molecule has 0 spiro atoms. The highest BCUT2D eigenvalue weighted by molar-refractivity contribution is 7.90. The minimum atomic E-state index is -3.79. The molecule has 28 heavy (non-hydrogen) atoms. The Morgan fingerprint density at radius 3 is 2.46 bits per heavy atom. The first-order chi connectivity index (χ1) is 13.3. The van der Waals surface area contributed by atoms with Gasteiger partial charge in [0.05, 0.1) is 4.90 Å². The summed E-state index contributed by atoms with van der Waals surface area (Å²) in [6, 6.07) is 11.1. The Labute approximate surface area is 162 Å². The average Bonchev–Trinajstić information content (AvgIpc) is 3.06. The minimum absolute atomic E-state index is 0.0564. The van der Waals surface area contributed by atoms with E-state index in [4.69, 9.17) is 4.74 Å². The molecule has 0 atom stereocenters. The number of sulfonamides is 1. The number of nitrogens with one attached hydrogen (secondary N) is 1. The molecule has 1 N–H and O–H groups in total. The van der Waals surface area contributed by atoms with Crippen molar-refractivity contribution < 1.29 is 22.3 Å². The lowest BCUT2D eigenvalue weighted by Gasteiger charge is -2.11. The first-order valence-electron chi connectivity index (χ1n) is 8.67. The number of nitrogens with zero attached hydrogens (tertiary/aromatic N) is 2. The molecule has 2 aromatic rings. The largest absolute Gasteiger partial charge is 0.484 e. The van der Waals surface area contributed by atoms with Crippen LogP contribution in [0.3, 0.4) is 0 Å². The van der Waals surface area contributed by atoms with Crippen LogP contribution in [0.4, 0.5) is 10.1 Å². The fraction of sp³-hybridized carbons (Fsp3) is 0.263. The summed E-state index contributed by atoms with van der Waals surface area (Å²) in [5, 5.41) is 2.61. The van der Waals surface area contributed by atoms with Crippen molar-refractivity contribution in [3.63, 3.8) is 0 Å². The van der Waals surface area contributed by atoms with E-state index in [-0.39, 0.29) is 11.5 Å². The lowest BCUT2D eigenvalue weighted by Crippen LogP contribution is -2.20. The maximum absolute atomic E-state index is 12.8. The van der Waals surface area contributed by atoms with Crippen molar-refractivity contribution in [1.82, 2.24) is 4.90 Å². The van der Waals surface area contributed by atoms with Gasteiger partial charge in [-0.1, -0.05) is 0 Å². The number of rotatable bonds is 6. The van der Waals surface area contributed by atoms with Gasteiger partial charge < -0.3 is 15.0 Å². The fourth-order valence-electron chi connectivity index (χ4n) is 2.69. The Kier molecular flexibility index (Phi) is 5.93. The molecule has 0 aliphatic carbocycles. The number of likely N-dealkylation sites (tertiary alicyclic amines) is 1. The van der Waals surface area contributed by atoms with E-state index in [0.29, 0.717) is 23.7 Å². The van der Waals surface area contributed by atoms with Crippen LogP contribution >= 0.6 is 0 Å². The molecule has 1 aliphatic rings. The van der Waals surface area contributed by atoms with Crippen LogP contribution in [0.15, 0.2) is 57.8 Å². The lowest BCUT2D eigenvalue weighted by molar-refractivity contribution is -0.118. The summed E-state index contributed by atoms with van der Waals surface area (Å²) in [6.07, 6.45) is 1.52. The Morgan fingerprint density at radius 2 is 1.86 bits per heavy atom. The Balaban J connectivity index is 1.59. The molecular formula is C19H20FN3O4S.